The first kappa shape index (κ1) is 55.4. The van der Waals surface area contributed by atoms with Gasteiger partial charge in [-0.25, -0.2) is 0 Å². The largest absolute Gasteiger partial charge is 0.480 e. The molecule has 23 nitrogen and oxygen atoms in total. The maximum atomic E-state index is 14.0. The molecule has 14 N–H and O–H groups in total. The van der Waals surface area contributed by atoms with Gasteiger partial charge in [-0.1, -0.05) is 58.0 Å². The van der Waals surface area contributed by atoms with Gasteiger partial charge in [0.1, 0.15) is 48.3 Å². The van der Waals surface area contributed by atoms with Crippen LogP contribution >= 0.6 is 0 Å². The van der Waals surface area contributed by atoms with E-state index in [2.05, 4.69) is 47.9 Å². The number of amides is 10. The van der Waals surface area contributed by atoms with Crippen molar-refractivity contribution in [1.29, 1.82) is 0 Å². The highest BCUT2D eigenvalue weighted by molar-refractivity contribution is 5.99. The first-order valence-corrected chi connectivity index (χ1v) is 20.7. The van der Waals surface area contributed by atoms with Crippen LogP contribution in [0.3, 0.4) is 0 Å². The second kappa shape index (κ2) is 26.7. The SMILES string of the molecule is CC(C)C[C@H](NC(=O)[C@H](Cc1ccccc1)NC(=O)[C@H](CC(N)=O)NC(=O)[C@@H](NC(=O)[C@H](C)NC(=O)[C@H](C)N)C(C)C)C(=O)NCC(=O)N[C@@H](C)C(=O)N[C@@H](C)C(=O)N[C@@H](C)C(=O)O. The van der Waals surface area contributed by atoms with E-state index >= 15 is 0 Å². The summed E-state index contributed by atoms with van der Waals surface area (Å²) in [6.07, 6.45) is -0.763. The fraction of sp³-hybridized carbons (Fsp3) is 0.585. The van der Waals surface area contributed by atoms with E-state index in [4.69, 9.17) is 16.6 Å². The van der Waals surface area contributed by atoms with Crippen molar-refractivity contribution in [2.45, 2.75) is 136 Å². The predicted octanol–water partition coefficient (Wildman–Crippen LogP) is -3.69. The highest BCUT2D eigenvalue weighted by Gasteiger charge is 2.34. The van der Waals surface area contributed by atoms with Gasteiger partial charge in [-0.3, -0.25) is 52.7 Å². The number of nitrogens with two attached hydrogens (primary N) is 2. The Labute approximate surface area is 371 Å². The van der Waals surface area contributed by atoms with E-state index in [0.29, 0.717) is 5.56 Å². The van der Waals surface area contributed by atoms with E-state index in [0.717, 1.165) is 0 Å². The molecular formula is C41H65N11O12. The predicted molar refractivity (Wildman–Crippen MR) is 231 cm³/mol. The number of carbonyl (C=O) groups excluding carboxylic acids is 10. The van der Waals surface area contributed by atoms with Crippen molar-refractivity contribution >= 4 is 65.0 Å². The number of hydrogen-bond donors (Lipinski definition) is 12. The van der Waals surface area contributed by atoms with Crippen molar-refractivity contribution in [2.24, 2.45) is 23.3 Å². The van der Waals surface area contributed by atoms with Crippen molar-refractivity contribution in [3.8, 4) is 0 Å². The molecule has 64 heavy (non-hydrogen) atoms. The number of carboxylic acid groups (broad SMARTS) is 1. The van der Waals surface area contributed by atoms with Gasteiger partial charge in [-0.2, -0.15) is 0 Å². The zero-order valence-corrected chi connectivity index (χ0v) is 37.7. The summed E-state index contributed by atoms with van der Waals surface area (Å²) >= 11 is 0. The smallest absolute Gasteiger partial charge is 0.325 e. The van der Waals surface area contributed by atoms with Gasteiger partial charge in [-0.15, -0.1) is 0 Å². The second-order valence-electron chi connectivity index (χ2n) is 16.2. The molecule has 1 aromatic rings. The lowest BCUT2D eigenvalue weighted by Gasteiger charge is -2.28. The second-order valence-corrected chi connectivity index (χ2v) is 16.2. The standard InChI is InChI=1S/C41H65N11O12/c1-19(2)15-27(37(59)44-18-31(54)45-22(6)34(56)47-23(7)35(57)48-25(9)41(63)64)49-38(60)28(16-26-13-11-10-12-14-26)50-39(61)29(17-30(43)53)51-40(62)32(20(3)4)52-36(58)24(8)46-33(55)21(5)42/h10-14,19-25,27-29,32H,15-18,42H2,1-9H3,(H2,43,53)(H,44,59)(H,45,54)(H,46,55)(H,47,56)(H,48,57)(H,49,60)(H,50,61)(H,51,62)(H,52,58)(H,63,64)/t21-,22-,23-,24-,25-,27-,28-,29-,32-/m0/s1. The summed E-state index contributed by atoms with van der Waals surface area (Å²) in [4.78, 5) is 141. The first-order chi connectivity index (χ1) is 29.7. The van der Waals surface area contributed by atoms with Crippen LogP contribution in [0.15, 0.2) is 30.3 Å². The van der Waals surface area contributed by atoms with Gasteiger partial charge in [0, 0.05) is 6.42 Å². The Morgan fingerprint density at radius 1 is 0.531 bits per heavy atom. The Bertz CT molecular complexity index is 1840. The molecular weight excluding hydrogens is 839 g/mol. The van der Waals surface area contributed by atoms with Crippen LogP contribution in [0.2, 0.25) is 0 Å². The lowest BCUT2D eigenvalue weighted by Crippen LogP contribution is -2.61. The summed E-state index contributed by atoms with van der Waals surface area (Å²) in [7, 11) is 0. The van der Waals surface area contributed by atoms with Crippen LogP contribution in [0.25, 0.3) is 0 Å². The van der Waals surface area contributed by atoms with Gasteiger partial charge >= 0.3 is 5.97 Å². The normalized spacial score (nSPS) is 15.2. The Morgan fingerprint density at radius 2 is 1.00 bits per heavy atom. The zero-order chi connectivity index (χ0) is 49.0. The van der Waals surface area contributed by atoms with Crippen LogP contribution in [0.5, 0.6) is 0 Å². The molecule has 9 atom stereocenters. The van der Waals surface area contributed by atoms with Gasteiger partial charge in [0.15, 0.2) is 0 Å². The molecule has 356 valence electrons. The van der Waals surface area contributed by atoms with Crippen LogP contribution in [-0.2, 0) is 59.2 Å². The average molecular weight is 904 g/mol. The van der Waals surface area contributed by atoms with Gasteiger partial charge in [0.05, 0.1) is 19.0 Å². The molecule has 1 rings (SSSR count). The van der Waals surface area contributed by atoms with Crippen LogP contribution in [-0.4, -0.2) is 131 Å². The summed E-state index contributed by atoms with van der Waals surface area (Å²) in [6.45, 7) is 12.8. The number of hydrogen-bond acceptors (Lipinski definition) is 12. The lowest BCUT2D eigenvalue weighted by atomic mass is 10.00. The Hall–Kier alpha value is -6.65. The van der Waals surface area contributed by atoms with Crippen LogP contribution in [0.1, 0.15) is 80.7 Å². The molecule has 0 heterocycles. The molecule has 0 saturated carbocycles. The summed E-state index contributed by atoms with van der Waals surface area (Å²) in [5.41, 5.74) is 11.6. The van der Waals surface area contributed by atoms with Crippen molar-refractivity contribution in [3.63, 3.8) is 0 Å². The number of primary amides is 1. The van der Waals surface area contributed by atoms with E-state index in [1.54, 1.807) is 58.0 Å². The van der Waals surface area contributed by atoms with E-state index < -0.39 is 138 Å². The maximum Gasteiger partial charge on any atom is 0.325 e. The summed E-state index contributed by atoms with van der Waals surface area (Å²) in [5.74, 6) is -10.2. The number of carboxylic acids is 1. The molecule has 0 saturated heterocycles. The fourth-order valence-electron chi connectivity index (χ4n) is 5.65. The topological polar surface area (TPSA) is 368 Å². The van der Waals surface area contributed by atoms with Crippen molar-refractivity contribution < 1.29 is 57.8 Å². The Kier molecular flexibility index (Phi) is 23.1. The quantitative estimate of drug-likeness (QED) is 0.0427. The number of benzene rings is 1. The molecule has 0 spiro atoms. The van der Waals surface area contributed by atoms with Crippen LogP contribution in [0.4, 0.5) is 0 Å². The Balaban J connectivity index is 3.20. The number of nitrogens with one attached hydrogen (secondary N) is 9. The molecule has 0 unspecified atom stereocenters. The van der Waals surface area contributed by atoms with E-state index in [-0.39, 0.29) is 18.8 Å². The number of carbonyl (C=O) groups is 11. The summed E-state index contributed by atoms with van der Waals surface area (Å²) in [6, 6.07) is -2.64. The molecule has 0 bridgehead atoms. The first-order valence-electron chi connectivity index (χ1n) is 20.7. The third kappa shape index (κ3) is 20.0. The monoisotopic (exact) mass is 903 g/mol. The zero-order valence-electron chi connectivity index (χ0n) is 37.7. The van der Waals surface area contributed by atoms with Crippen molar-refractivity contribution in [1.82, 2.24) is 47.9 Å². The molecule has 0 fully saturated rings. The van der Waals surface area contributed by atoms with E-state index in [9.17, 15) is 52.7 Å². The molecule has 1 aromatic carbocycles. The molecule has 0 aliphatic rings. The highest BCUT2D eigenvalue weighted by Crippen LogP contribution is 2.10. The van der Waals surface area contributed by atoms with E-state index in [1.165, 1.54) is 34.6 Å². The molecule has 0 aliphatic carbocycles. The number of aliphatic carboxylic acids is 1. The lowest BCUT2D eigenvalue weighted by molar-refractivity contribution is -0.141. The molecule has 0 aliphatic heterocycles. The minimum atomic E-state index is -1.64. The molecule has 0 aromatic heterocycles. The van der Waals surface area contributed by atoms with Crippen molar-refractivity contribution in [3.05, 3.63) is 35.9 Å². The minimum Gasteiger partial charge on any atom is -0.480 e. The maximum absolute atomic E-state index is 14.0. The number of rotatable bonds is 26. The van der Waals surface area contributed by atoms with E-state index in [1.807, 2.05) is 0 Å². The van der Waals surface area contributed by atoms with Crippen LogP contribution in [0, 0.1) is 11.8 Å². The fourth-order valence-corrected chi connectivity index (χ4v) is 5.65. The van der Waals surface area contributed by atoms with Gasteiger partial charge in [0.2, 0.25) is 59.1 Å². The average Bonchev–Trinajstić information content (AvgIpc) is 3.20. The molecule has 0 radical (unpaired) electrons. The Morgan fingerprint density at radius 3 is 1.50 bits per heavy atom. The summed E-state index contributed by atoms with van der Waals surface area (Å²) < 4.78 is 0. The van der Waals surface area contributed by atoms with Gasteiger partial charge in [-0.05, 0) is 58.4 Å². The van der Waals surface area contributed by atoms with Crippen LogP contribution < -0.4 is 59.3 Å². The molecule has 23 heteroatoms. The third-order valence-corrected chi connectivity index (χ3v) is 9.38. The minimum absolute atomic E-state index is 0.0701. The molecule has 10 amide bonds. The van der Waals surface area contributed by atoms with Gasteiger partial charge < -0.3 is 64.4 Å². The third-order valence-electron chi connectivity index (χ3n) is 9.38. The highest BCUT2D eigenvalue weighted by atomic mass is 16.4. The summed E-state index contributed by atoms with van der Waals surface area (Å²) in [5, 5.41) is 30.9. The van der Waals surface area contributed by atoms with Gasteiger partial charge in [0.25, 0.3) is 0 Å². The van der Waals surface area contributed by atoms with Crippen molar-refractivity contribution in [2.75, 3.05) is 6.54 Å².